The zero-order valence-electron chi connectivity index (χ0n) is 11.5. The average Bonchev–Trinajstić information content (AvgIpc) is 2.94. The van der Waals surface area contributed by atoms with Crippen molar-refractivity contribution < 1.29 is 4.42 Å². The minimum atomic E-state index is -0.507. The van der Waals surface area contributed by atoms with Crippen LogP contribution in [0.25, 0.3) is 0 Å². The summed E-state index contributed by atoms with van der Waals surface area (Å²) in [7, 11) is 1.77. The Kier molecular flexibility index (Phi) is 3.78. The number of aromatic amines is 1. The Morgan fingerprint density at radius 1 is 1.48 bits per heavy atom. The van der Waals surface area contributed by atoms with Gasteiger partial charge in [-0.05, 0) is 12.8 Å². The van der Waals surface area contributed by atoms with E-state index in [-0.39, 0.29) is 5.92 Å². The summed E-state index contributed by atoms with van der Waals surface area (Å²) in [5.41, 5.74) is 0. The van der Waals surface area contributed by atoms with Gasteiger partial charge in [-0.25, -0.2) is 14.9 Å². The third kappa shape index (κ3) is 2.85. The van der Waals surface area contributed by atoms with Crippen LogP contribution < -0.4 is 16.0 Å². The molecule has 0 aliphatic carbocycles. The maximum Gasteiger partial charge on any atom is 0.434 e. The molecule has 9 heteroatoms. The molecule has 3 heterocycles. The highest BCUT2D eigenvalue weighted by Crippen LogP contribution is 2.28. The Balaban J connectivity index is 1.69. The fourth-order valence-electron chi connectivity index (χ4n) is 2.43. The first-order valence-corrected chi connectivity index (χ1v) is 7.06. The molecule has 2 aromatic heterocycles. The summed E-state index contributed by atoms with van der Waals surface area (Å²) >= 11 is 5.98. The molecule has 112 valence electrons. The van der Waals surface area contributed by atoms with Gasteiger partial charge in [0.05, 0.1) is 6.20 Å². The first kappa shape index (κ1) is 13.9. The molecule has 0 amide bonds. The van der Waals surface area contributed by atoms with E-state index in [4.69, 9.17) is 16.0 Å². The second kappa shape index (κ2) is 5.72. The number of piperidine rings is 1. The van der Waals surface area contributed by atoms with Crippen molar-refractivity contribution >= 4 is 23.4 Å². The van der Waals surface area contributed by atoms with Crippen LogP contribution in [0.3, 0.4) is 0 Å². The first-order valence-electron chi connectivity index (χ1n) is 6.68. The number of hydrogen-bond acceptors (Lipinski definition) is 7. The summed E-state index contributed by atoms with van der Waals surface area (Å²) in [6.07, 6.45) is 3.25. The zero-order chi connectivity index (χ0) is 14.8. The Morgan fingerprint density at radius 3 is 2.86 bits per heavy atom. The third-order valence-electron chi connectivity index (χ3n) is 3.55. The van der Waals surface area contributed by atoms with Crippen LogP contribution >= 0.6 is 11.6 Å². The summed E-state index contributed by atoms with van der Waals surface area (Å²) < 4.78 is 5.02. The molecule has 0 bridgehead atoms. The predicted octanol–water partition coefficient (Wildman–Crippen LogP) is 1.23. The second-order valence-corrected chi connectivity index (χ2v) is 5.24. The van der Waals surface area contributed by atoms with E-state index in [1.165, 1.54) is 0 Å². The van der Waals surface area contributed by atoms with Gasteiger partial charge in [0, 0.05) is 26.1 Å². The molecular formula is C12H15ClN6O2. The van der Waals surface area contributed by atoms with Crippen molar-refractivity contribution in [1.82, 2.24) is 20.2 Å². The maximum atomic E-state index is 11.0. The molecule has 0 aromatic carbocycles. The monoisotopic (exact) mass is 310 g/mol. The largest absolute Gasteiger partial charge is 0.434 e. The molecule has 1 aliphatic rings. The molecule has 2 N–H and O–H groups in total. The molecule has 1 saturated heterocycles. The van der Waals surface area contributed by atoms with Gasteiger partial charge in [0.2, 0.25) is 11.8 Å². The summed E-state index contributed by atoms with van der Waals surface area (Å²) in [6, 6.07) is 0. The lowest BCUT2D eigenvalue weighted by Crippen LogP contribution is -2.34. The Bertz CT molecular complexity index is 676. The van der Waals surface area contributed by atoms with Crippen molar-refractivity contribution in [1.29, 1.82) is 0 Å². The highest BCUT2D eigenvalue weighted by atomic mass is 35.5. The molecular weight excluding hydrogens is 296 g/mol. The summed E-state index contributed by atoms with van der Waals surface area (Å²) in [5.74, 6) is 1.38. The van der Waals surface area contributed by atoms with Gasteiger partial charge in [-0.15, -0.1) is 5.10 Å². The molecule has 3 rings (SSSR count). The maximum absolute atomic E-state index is 11.0. The SMILES string of the molecule is CNc1nc(N2CCC(c3n[nH]c(=O)o3)CC2)ncc1Cl. The predicted molar refractivity (Wildman–Crippen MR) is 77.9 cm³/mol. The van der Waals surface area contributed by atoms with E-state index < -0.39 is 5.76 Å². The number of nitrogens with zero attached hydrogens (tertiary/aromatic N) is 4. The number of aromatic nitrogens is 4. The normalized spacial score (nSPS) is 16.2. The molecule has 21 heavy (non-hydrogen) atoms. The standard InChI is InChI=1S/C12H15ClN6O2/c1-14-9-8(13)6-15-11(16-9)19-4-2-7(3-5-19)10-17-18-12(20)21-10/h6-7H,2-5H2,1H3,(H,18,20)(H,14,15,16). The highest BCUT2D eigenvalue weighted by molar-refractivity contribution is 6.32. The van der Waals surface area contributed by atoms with Gasteiger partial charge in [-0.2, -0.15) is 4.98 Å². The molecule has 2 aromatic rings. The Labute approximate surface area is 125 Å². The van der Waals surface area contributed by atoms with E-state index in [1.54, 1.807) is 13.2 Å². The number of halogens is 1. The van der Waals surface area contributed by atoms with Crippen molar-refractivity contribution in [2.24, 2.45) is 0 Å². The van der Waals surface area contributed by atoms with Gasteiger partial charge < -0.3 is 14.6 Å². The van der Waals surface area contributed by atoms with Crippen LogP contribution in [0.5, 0.6) is 0 Å². The molecule has 8 nitrogen and oxygen atoms in total. The van der Waals surface area contributed by atoms with Gasteiger partial charge >= 0.3 is 5.76 Å². The van der Waals surface area contributed by atoms with E-state index in [0.717, 1.165) is 25.9 Å². The second-order valence-electron chi connectivity index (χ2n) is 4.83. The number of H-pyrrole nitrogens is 1. The van der Waals surface area contributed by atoms with Crippen molar-refractivity contribution in [2.45, 2.75) is 18.8 Å². The van der Waals surface area contributed by atoms with Crippen molar-refractivity contribution in [2.75, 3.05) is 30.4 Å². The van der Waals surface area contributed by atoms with Gasteiger partial charge in [-0.3, -0.25) is 0 Å². The fourth-order valence-corrected chi connectivity index (χ4v) is 2.61. The summed E-state index contributed by atoms with van der Waals surface area (Å²) in [6.45, 7) is 1.54. The first-order chi connectivity index (χ1) is 10.2. The lowest BCUT2D eigenvalue weighted by molar-refractivity contribution is 0.378. The topological polar surface area (TPSA) is 99.9 Å². The van der Waals surface area contributed by atoms with Gasteiger partial charge in [0.1, 0.15) is 10.8 Å². The minimum absolute atomic E-state index is 0.149. The molecule has 0 saturated carbocycles. The lowest BCUT2D eigenvalue weighted by atomic mass is 9.97. The quantitative estimate of drug-likeness (QED) is 0.879. The van der Waals surface area contributed by atoms with E-state index in [0.29, 0.717) is 22.7 Å². The third-order valence-corrected chi connectivity index (χ3v) is 3.83. The van der Waals surface area contributed by atoms with Crippen LogP contribution in [0.2, 0.25) is 5.02 Å². The van der Waals surface area contributed by atoms with Crippen LogP contribution in [0.4, 0.5) is 11.8 Å². The van der Waals surface area contributed by atoms with Crippen molar-refractivity contribution in [3.8, 4) is 0 Å². The number of rotatable bonds is 3. The number of anilines is 2. The van der Waals surface area contributed by atoms with Crippen molar-refractivity contribution in [3.05, 3.63) is 27.7 Å². The molecule has 1 aliphatic heterocycles. The fraction of sp³-hybridized carbons (Fsp3) is 0.500. The molecule has 0 atom stereocenters. The Morgan fingerprint density at radius 2 is 2.24 bits per heavy atom. The van der Waals surface area contributed by atoms with E-state index in [1.807, 2.05) is 0 Å². The van der Waals surface area contributed by atoms with Crippen LogP contribution in [0.1, 0.15) is 24.7 Å². The van der Waals surface area contributed by atoms with E-state index in [2.05, 4.69) is 30.4 Å². The zero-order valence-corrected chi connectivity index (χ0v) is 12.2. The lowest BCUT2D eigenvalue weighted by Gasteiger charge is -2.30. The van der Waals surface area contributed by atoms with Gasteiger partial charge in [0.25, 0.3) is 0 Å². The Hall–Kier alpha value is -2.09. The summed E-state index contributed by atoms with van der Waals surface area (Å²) in [4.78, 5) is 21.7. The molecule has 0 unspecified atom stereocenters. The molecule has 0 radical (unpaired) electrons. The molecule has 0 spiro atoms. The molecule has 1 fully saturated rings. The van der Waals surface area contributed by atoms with E-state index >= 15 is 0 Å². The smallest absolute Gasteiger partial charge is 0.392 e. The van der Waals surface area contributed by atoms with Crippen LogP contribution in [0.15, 0.2) is 15.4 Å². The average molecular weight is 311 g/mol. The highest BCUT2D eigenvalue weighted by Gasteiger charge is 2.26. The minimum Gasteiger partial charge on any atom is -0.392 e. The van der Waals surface area contributed by atoms with Crippen LogP contribution in [-0.2, 0) is 0 Å². The van der Waals surface area contributed by atoms with Gasteiger partial charge in [-0.1, -0.05) is 11.6 Å². The van der Waals surface area contributed by atoms with Crippen LogP contribution in [0, 0.1) is 0 Å². The van der Waals surface area contributed by atoms with Crippen molar-refractivity contribution in [3.63, 3.8) is 0 Å². The van der Waals surface area contributed by atoms with Crippen LogP contribution in [-0.4, -0.2) is 40.3 Å². The van der Waals surface area contributed by atoms with Gasteiger partial charge in [0.15, 0.2) is 0 Å². The number of hydrogen-bond donors (Lipinski definition) is 2. The van der Waals surface area contributed by atoms with E-state index in [9.17, 15) is 4.79 Å². The summed E-state index contributed by atoms with van der Waals surface area (Å²) in [5, 5.41) is 9.62. The number of nitrogens with one attached hydrogen (secondary N) is 2.